The van der Waals surface area contributed by atoms with E-state index < -0.39 is 0 Å². The van der Waals surface area contributed by atoms with E-state index in [1.165, 1.54) is 6.07 Å². The molecular weight excluding hydrogens is 248 g/mol. The summed E-state index contributed by atoms with van der Waals surface area (Å²) in [6, 6.07) is 5.07. The molecule has 94 valence electrons. The van der Waals surface area contributed by atoms with Crippen LogP contribution in [0.4, 0.5) is 5.69 Å². The minimum Gasteiger partial charge on any atom is -0.507 e. The number of aryl methyl sites for hydroxylation is 1. The molecule has 1 heterocycles. The fourth-order valence-electron chi connectivity index (χ4n) is 1.55. The Morgan fingerprint density at radius 1 is 1.39 bits per heavy atom. The van der Waals surface area contributed by atoms with Crippen molar-refractivity contribution < 1.29 is 5.11 Å². The van der Waals surface area contributed by atoms with Gasteiger partial charge in [-0.05, 0) is 30.8 Å². The van der Waals surface area contributed by atoms with Gasteiger partial charge in [0.05, 0.1) is 0 Å². The number of nitrogen functional groups attached to an aromatic ring is 1. The zero-order chi connectivity index (χ0) is 13.0. The number of benzene rings is 1. The van der Waals surface area contributed by atoms with E-state index in [1.54, 1.807) is 12.1 Å². The lowest BCUT2D eigenvalue weighted by Crippen LogP contribution is -1.86. The summed E-state index contributed by atoms with van der Waals surface area (Å²) in [5.74, 6) is 1.01. The van der Waals surface area contributed by atoms with Crippen LogP contribution in [0, 0.1) is 4.77 Å². The molecule has 6 heteroatoms. The SMILES string of the molecule is Nc1ccc(C=CCCc2nc(=S)[nH][nH]2)c(O)c1. The monoisotopic (exact) mass is 262 g/mol. The minimum absolute atomic E-state index is 0.186. The minimum atomic E-state index is 0.186. The van der Waals surface area contributed by atoms with E-state index in [9.17, 15) is 5.11 Å². The average Bonchev–Trinajstić information content (AvgIpc) is 2.73. The number of aromatic hydroxyl groups is 1. The van der Waals surface area contributed by atoms with Crippen LogP contribution in [0.1, 0.15) is 17.8 Å². The van der Waals surface area contributed by atoms with Crippen molar-refractivity contribution in [1.29, 1.82) is 0 Å². The molecule has 2 rings (SSSR count). The standard InChI is InChI=1S/C12H14N4OS/c13-9-6-5-8(10(17)7-9)3-1-2-4-11-14-12(18)16-15-11/h1,3,5-7,17H,2,4,13H2,(H2,14,15,16,18). The highest BCUT2D eigenvalue weighted by Crippen LogP contribution is 2.21. The molecule has 2 aromatic rings. The van der Waals surface area contributed by atoms with Crippen LogP contribution in [0.5, 0.6) is 5.75 Å². The van der Waals surface area contributed by atoms with Crippen molar-refractivity contribution >= 4 is 24.0 Å². The molecule has 0 radical (unpaired) electrons. The molecule has 5 N–H and O–H groups in total. The summed E-state index contributed by atoms with van der Waals surface area (Å²) < 4.78 is 0.463. The summed E-state index contributed by atoms with van der Waals surface area (Å²) in [4.78, 5) is 4.09. The molecule has 0 amide bonds. The second kappa shape index (κ2) is 5.50. The van der Waals surface area contributed by atoms with Crippen LogP contribution in [-0.2, 0) is 6.42 Å². The van der Waals surface area contributed by atoms with E-state index in [0.717, 1.165) is 24.2 Å². The van der Waals surface area contributed by atoms with Crippen molar-refractivity contribution in [2.24, 2.45) is 0 Å². The first-order chi connectivity index (χ1) is 8.65. The van der Waals surface area contributed by atoms with E-state index >= 15 is 0 Å². The number of anilines is 1. The molecule has 1 aromatic heterocycles. The number of hydrogen-bond acceptors (Lipinski definition) is 4. The Labute approximate surface area is 109 Å². The van der Waals surface area contributed by atoms with Gasteiger partial charge in [0.25, 0.3) is 0 Å². The van der Waals surface area contributed by atoms with Crippen LogP contribution in [0.15, 0.2) is 24.3 Å². The Bertz CT molecular complexity index is 615. The largest absolute Gasteiger partial charge is 0.507 e. The van der Waals surface area contributed by atoms with Crippen molar-refractivity contribution in [2.45, 2.75) is 12.8 Å². The Hall–Kier alpha value is -2.08. The number of nitrogens with zero attached hydrogens (tertiary/aromatic N) is 1. The summed E-state index contributed by atoms with van der Waals surface area (Å²) >= 11 is 4.86. The molecule has 0 saturated heterocycles. The topological polar surface area (TPSA) is 90.7 Å². The molecule has 0 aliphatic rings. The molecule has 0 bridgehead atoms. The van der Waals surface area contributed by atoms with Crippen molar-refractivity contribution in [1.82, 2.24) is 15.2 Å². The maximum absolute atomic E-state index is 9.64. The maximum Gasteiger partial charge on any atom is 0.213 e. The third-order valence-electron chi connectivity index (χ3n) is 2.45. The molecule has 0 atom stereocenters. The normalized spacial score (nSPS) is 11.1. The molecule has 0 unspecified atom stereocenters. The molecular formula is C12H14N4OS. The molecule has 1 aromatic carbocycles. The number of H-pyrrole nitrogens is 2. The van der Waals surface area contributed by atoms with Crippen molar-refractivity contribution in [3.8, 4) is 5.75 Å². The summed E-state index contributed by atoms with van der Waals surface area (Å²) in [7, 11) is 0. The smallest absolute Gasteiger partial charge is 0.213 e. The Balaban J connectivity index is 1.93. The highest BCUT2D eigenvalue weighted by Gasteiger charge is 1.97. The van der Waals surface area contributed by atoms with Gasteiger partial charge < -0.3 is 10.8 Å². The first-order valence-corrected chi connectivity index (χ1v) is 5.94. The zero-order valence-corrected chi connectivity index (χ0v) is 10.5. The number of rotatable bonds is 4. The highest BCUT2D eigenvalue weighted by molar-refractivity contribution is 7.71. The predicted molar refractivity (Wildman–Crippen MR) is 73.6 cm³/mol. The number of hydrogen-bond donors (Lipinski definition) is 4. The number of nitrogens with two attached hydrogens (primary N) is 1. The summed E-state index contributed by atoms with van der Waals surface area (Å²) in [5.41, 5.74) is 6.85. The predicted octanol–water partition coefficient (Wildman–Crippen LogP) is 2.40. The van der Waals surface area contributed by atoms with Gasteiger partial charge in [0.15, 0.2) is 0 Å². The van der Waals surface area contributed by atoms with Crippen LogP contribution in [0.2, 0.25) is 0 Å². The van der Waals surface area contributed by atoms with E-state index in [-0.39, 0.29) is 5.75 Å². The van der Waals surface area contributed by atoms with E-state index in [2.05, 4.69) is 15.2 Å². The molecule has 0 fully saturated rings. The Morgan fingerprint density at radius 3 is 2.89 bits per heavy atom. The summed E-state index contributed by atoms with van der Waals surface area (Å²) in [6.45, 7) is 0. The van der Waals surface area contributed by atoms with Gasteiger partial charge in [-0.1, -0.05) is 12.2 Å². The van der Waals surface area contributed by atoms with Gasteiger partial charge in [-0.3, -0.25) is 10.2 Å². The van der Waals surface area contributed by atoms with Gasteiger partial charge in [0.1, 0.15) is 11.6 Å². The number of allylic oxidation sites excluding steroid dienone is 1. The third kappa shape index (κ3) is 3.21. The lowest BCUT2D eigenvalue weighted by Gasteiger charge is -1.99. The quantitative estimate of drug-likeness (QED) is 0.503. The second-order valence-electron chi connectivity index (χ2n) is 3.87. The highest BCUT2D eigenvalue weighted by atomic mass is 32.1. The number of phenolic OH excluding ortho intramolecular Hbond substituents is 1. The van der Waals surface area contributed by atoms with E-state index in [4.69, 9.17) is 18.0 Å². The number of nitrogens with one attached hydrogen (secondary N) is 2. The lowest BCUT2D eigenvalue weighted by molar-refractivity contribution is 0.474. The van der Waals surface area contributed by atoms with Crippen LogP contribution in [0.3, 0.4) is 0 Å². The molecule has 0 aliphatic carbocycles. The Morgan fingerprint density at radius 2 is 2.22 bits per heavy atom. The third-order valence-corrected chi connectivity index (χ3v) is 2.64. The Kier molecular flexibility index (Phi) is 3.78. The summed E-state index contributed by atoms with van der Waals surface area (Å²) in [6.07, 6.45) is 5.40. The zero-order valence-electron chi connectivity index (χ0n) is 9.68. The van der Waals surface area contributed by atoms with Gasteiger partial charge in [0.2, 0.25) is 4.77 Å². The molecule has 0 saturated carbocycles. The molecule has 0 aliphatic heterocycles. The van der Waals surface area contributed by atoms with Crippen LogP contribution in [0.25, 0.3) is 6.08 Å². The fourth-order valence-corrected chi connectivity index (χ4v) is 1.72. The second-order valence-corrected chi connectivity index (χ2v) is 4.26. The average molecular weight is 262 g/mol. The van der Waals surface area contributed by atoms with Gasteiger partial charge in [0, 0.05) is 23.7 Å². The number of aromatic amines is 2. The van der Waals surface area contributed by atoms with Crippen LogP contribution >= 0.6 is 12.2 Å². The van der Waals surface area contributed by atoms with Crippen molar-refractivity contribution in [2.75, 3.05) is 5.73 Å². The molecule has 0 spiro atoms. The maximum atomic E-state index is 9.64. The summed E-state index contributed by atoms with van der Waals surface area (Å²) in [5, 5.41) is 15.3. The van der Waals surface area contributed by atoms with Crippen LogP contribution in [-0.4, -0.2) is 20.3 Å². The molecule has 5 nitrogen and oxygen atoms in total. The van der Waals surface area contributed by atoms with Gasteiger partial charge in [-0.25, -0.2) is 4.98 Å². The van der Waals surface area contributed by atoms with E-state index in [0.29, 0.717) is 10.5 Å². The molecule has 18 heavy (non-hydrogen) atoms. The van der Waals surface area contributed by atoms with Gasteiger partial charge in [-0.2, -0.15) is 0 Å². The first-order valence-electron chi connectivity index (χ1n) is 5.54. The number of aromatic nitrogens is 3. The van der Waals surface area contributed by atoms with Crippen LogP contribution < -0.4 is 5.73 Å². The number of phenols is 1. The lowest BCUT2D eigenvalue weighted by atomic mass is 10.1. The van der Waals surface area contributed by atoms with Gasteiger partial charge >= 0.3 is 0 Å². The van der Waals surface area contributed by atoms with Crippen molar-refractivity contribution in [3.63, 3.8) is 0 Å². The van der Waals surface area contributed by atoms with Gasteiger partial charge in [-0.15, -0.1) is 0 Å². The fraction of sp³-hybridized carbons (Fsp3) is 0.167. The van der Waals surface area contributed by atoms with E-state index in [1.807, 2.05) is 12.2 Å². The van der Waals surface area contributed by atoms with Crippen molar-refractivity contribution in [3.05, 3.63) is 40.4 Å². The first kappa shape index (κ1) is 12.4.